The van der Waals surface area contributed by atoms with Crippen LogP contribution < -0.4 is 5.32 Å². The predicted octanol–water partition coefficient (Wildman–Crippen LogP) is 4.86. The van der Waals surface area contributed by atoms with Crippen molar-refractivity contribution in [3.8, 4) is 0 Å². The average Bonchev–Trinajstić information content (AvgIpc) is 3.13. The van der Waals surface area contributed by atoms with Gasteiger partial charge in [-0.3, -0.25) is 9.78 Å². The number of pyridine rings is 1. The van der Waals surface area contributed by atoms with Gasteiger partial charge in [-0.25, -0.2) is 4.98 Å². The van der Waals surface area contributed by atoms with Crippen LogP contribution >= 0.6 is 11.3 Å². The minimum Gasteiger partial charge on any atom is -0.353 e. The molecule has 1 aliphatic rings. The second kappa shape index (κ2) is 8.61. The first-order valence-corrected chi connectivity index (χ1v) is 10.6. The van der Waals surface area contributed by atoms with E-state index in [1.165, 1.54) is 15.3 Å². The van der Waals surface area contributed by atoms with Gasteiger partial charge in [0.2, 0.25) is 5.91 Å². The molecule has 0 radical (unpaired) electrons. The lowest BCUT2D eigenvalue weighted by molar-refractivity contribution is -0.122. The Labute approximate surface area is 164 Å². The predicted molar refractivity (Wildman–Crippen MR) is 110 cm³/mol. The minimum absolute atomic E-state index is 0.183. The Balaban J connectivity index is 1.21. The molecule has 27 heavy (non-hydrogen) atoms. The highest BCUT2D eigenvalue weighted by Crippen LogP contribution is 2.36. The summed E-state index contributed by atoms with van der Waals surface area (Å²) in [5.41, 5.74) is 2.31. The van der Waals surface area contributed by atoms with Crippen molar-refractivity contribution in [2.24, 2.45) is 0 Å². The molecule has 0 unspecified atom stereocenters. The summed E-state index contributed by atoms with van der Waals surface area (Å²) in [5.74, 6) is 0.725. The fourth-order valence-electron chi connectivity index (χ4n) is 3.85. The minimum atomic E-state index is 0.183. The Morgan fingerprint density at radius 2 is 1.96 bits per heavy atom. The molecule has 5 heteroatoms. The molecule has 4 rings (SSSR count). The zero-order valence-corrected chi connectivity index (χ0v) is 16.3. The lowest BCUT2D eigenvalue weighted by Crippen LogP contribution is -2.37. The van der Waals surface area contributed by atoms with E-state index < -0.39 is 0 Å². The van der Waals surface area contributed by atoms with Crippen molar-refractivity contribution in [2.75, 3.05) is 0 Å². The smallest absolute Gasteiger partial charge is 0.220 e. The number of aryl methyl sites for hydroxylation is 1. The number of rotatable bonds is 6. The normalized spacial score (nSPS) is 19.9. The maximum atomic E-state index is 12.2. The molecule has 0 bridgehead atoms. The molecule has 4 nitrogen and oxygen atoms in total. The van der Waals surface area contributed by atoms with Crippen LogP contribution in [-0.2, 0) is 11.2 Å². The number of carbonyl (C=O) groups is 1. The van der Waals surface area contributed by atoms with E-state index in [1.807, 2.05) is 29.7 Å². The number of carbonyl (C=O) groups excluding carboxylic acids is 1. The van der Waals surface area contributed by atoms with Gasteiger partial charge in [0, 0.05) is 30.8 Å². The number of nitrogens with zero attached hydrogens (tertiary/aromatic N) is 2. The molecule has 1 aliphatic carbocycles. The van der Waals surface area contributed by atoms with E-state index in [1.54, 1.807) is 6.20 Å². The number of fused-ring (bicyclic) bond motifs is 1. The molecule has 1 aromatic carbocycles. The Morgan fingerprint density at radius 3 is 2.74 bits per heavy atom. The molecule has 0 atom stereocenters. The molecule has 0 aliphatic heterocycles. The van der Waals surface area contributed by atoms with Gasteiger partial charge in [-0.2, -0.15) is 0 Å². The maximum absolute atomic E-state index is 12.2. The summed E-state index contributed by atoms with van der Waals surface area (Å²) in [6, 6.07) is 12.7. The van der Waals surface area contributed by atoms with Crippen LogP contribution in [0.4, 0.5) is 0 Å². The number of nitrogens with one attached hydrogen (secondary N) is 1. The molecule has 1 saturated carbocycles. The third kappa shape index (κ3) is 4.72. The van der Waals surface area contributed by atoms with Crippen LogP contribution in [0.5, 0.6) is 0 Å². The second-order valence-electron chi connectivity index (χ2n) is 7.35. The highest BCUT2D eigenvalue weighted by atomic mass is 32.1. The molecular weight excluding hydrogens is 354 g/mol. The van der Waals surface area contributed by atoms with Crippen LogP contribution in [0.1, 0.15) is 55.0 Å². The summed E-state index contributed by atoms with van der Waals surface area (Å²) in [7, 11) is 0. The summed E-state index contributed by atoms with van der Waals surface area (Å²) < 4.78 is 1.27. The Bertz CT molecular complexity index is 852. The summed E-state index contributed by atoms with van der Waals surface area (Å²) in [6.07, 6.45) is 10.4. The fourth-order valence-corrected chi connectivity index (χ4v) is 4.98. The molecular formula is C22H25N3OS. The summed E-state index contributed by atoms with van der Waals surface area (Å²) in [6.45, 7) is 0. The van der Waals surface area contributed by atoms with E-state index in [0.29, 0.717) is 18.4 Å². The van der Waals surface area contributed by atoms with Gasteiger partial charge in [0.15, 0.2) is 0 Å². The van der Waals surface area contributed by atoms with Gasteiger partial charge in [-0.1, -0.05) is 18.2 Å². The van der Waals surface area contributed by atoms with Gasteiger partial charge < -0.3 is 5.32 Å². The first kappa shape index (κ1) is 18.1. The Morgan fingerprint density at radius 1 is 1.11 bits per heavy atom. The van der Waals surface area contributed by atoms with Gasteiger partial charge in [0.1, 0.15) is 0 Å². The van der Waals surface area contributed by atoms with E-state index >= 15 is 0 Å². The van der Waals surface area contributed by atoms with Crippen LogP contribution in [0.2, 0.25) is 0 Å². The first-order chi connectivity index (χ1) is 13.3. The maximum Gasteiger partial charge on any atom is 0.220 e. The lowest BCUT2D eigenvalue weighted by atomic mass is 9.86. The molecule has 0 saturated heterocycles. The van der Waals surface area contributed by atoms with Gasteiger partial charge in [-0.15, -0.1) is 11.3 Å². The van der Waals surface area contributed by atoms with Crippen molar-refractivity contribution < 1.29 is 4.79 Å². The first-order valence-electron chi connectivity index (χ1n) is 9.81. The van der Waals surface area contributed by atoms with Crippen molar-refractivity contribution in [1.82, 2.24) is 15.3 Å². The van der Waals surface area contributed by atoms with Gasteiger partial charge in [0.25, 0.3) is 0 Å². The summed E-state index contributed by atoms with van der Waals surface area (Å²) in [4.78, 5) is 21.2. The van der Waals surface area contributed by atoms with Crippen LogP contribution in [0.15, 0.2) is 48.8 Å². The average molecular weight is 380 g/mol. The van der Waals surface area contributed by atoms with Crippen molar-refractivity contribution >= 4 is 27.5 Å². The zero-order chi connectivity index (χ0) is 18.5. The monoisotopic (exact) mass is 379 g/mol. The molecule has 3 aromatic rings. The van der Waals surface area contributed by atoms with Crippen LogP contribution in [-0.4, -0.2) is 21.9 Å². The highest BCUT2D eigenvalue weighted by Gasteiger charge is 2.25. The van der Waals surface area contributed by atoms with Gasteiger partial charge in [0.05, 0.1) is 15.2 Å². The van der Waals surface area contributed by atoms with Crippen LogP contribution in [0.25, 0.3) is 10.2 Å². The molecule has 2 heterocycles. The number of thiazole rings is 1. The summed E-state index contributed by atoms with van der Waals surface area (Å²) >= 11 is 1.82. The number of aromatic nitrogens is 2. The second-order valence-corrected chi connectivity index (χ2v) is 8.41. The van der Waals surface area contributed by atoms with E-state index in [9.17, 15) is 4.79 Å². The SMILES string of the molecule is O=C(CCCc1cccnc1)N[C@H]1CC[C@H](c2nc3ccccc3s2)CC1. The van der Waals surface area contributed by atoms with Crippen molar-refractivity contribution in [2.45, 2.75) is 56.9 Å². The fraction of sp³-hybridized carbons (Fsp3) is 0.409. The molecule has 1 fully saturated rings. The van der Waals surface area contributed by atoms with Gasteiger partial charge >= 0.3 is 0 Å². The molecule has 0 spiro atoms. The number of para-hydroxylation sites is 1. The molecule has 1 N–H and O–H groups in total. The standard InChI is InChI=1S/C22H25N3OS/c26-21(9-3-5-16-6-4-14-23-15-16)24-18-12-10-17(11-13-18)22-25-19-7-1-2-8-20(19)27-22/h1-2,4,6-8,14-15,17-18H,3,5,9-13H2,(H,24,26)/t17-,18-. The van der Waals surface area contributed by atoms with Crippen molar-refractivity contribution in [3.63, 3.8) is 0 Å². The number of benzene rings is 1. The van der Waals surface area contributed by atoms with Gasteiger partial charge in [-0.05, 0) is 62.3 Å². The molecule has 140 valence electrons. The van der Waals surface area contributed by atoms with E-state index in [-0.39, 0.29) is 5.91 Å². The highest BCUT2D eigenvalue weighted by molar-refractivity contribution is 7.18. The quantitative estimate of drug-likeness (QED) is 0.666. The van der Waals surface area contributed by atoms with Crippen molar-refractivity contribution in [3.05, 3.63) is 59.4 Å². The third-order valence-corrected chi connectivity index (χ3v) is 6.54. The summed E-state index contributed by atoms with van der Waals surface area (Å²) in [5, 5.41) is 4.49. The molecule has 2 aromatic heterocycles. The van der Waals surface area contributed by atoms with Crippen LogP contribution in [0, 0.1) is 0 Å². The van der Waals surface area contributed by atoms with E-state index in [2.05, 4.69) is 34.6 Å². The molecule has 1 amide bonds. The topological polar surface area (TPSA) is 54.9 Å². The number of amides is 1. The van der Waals surface area contributed by atoms with Crippen LogP contribution in [0.3, 0.4) is 0 Å². The third-order valence-electron chi connectivity index (χ3n) is 5.34. The van der Waals surface area contributed by atoms with Crippen molar-refractivity contribution in [1.29, 1.82) is 0 Å². The Kier molecular flexibility index (Phi) is 5.78. The number of hydrogen-bond acceptors (Lipinski definition) is 4. The zero-order valence-electron chi connectivity index (χ0n) is 15.4. The largest absolute Gasteiger partial charge is 0.353 e. The number of hydrogen-bond donors (Lipinski definition) is 1. The lowest BCUT2D eigenvalue weighted by Gasteiger charge is -2.28. The van der Waals surface area contributed by atoms with E-state index in [0.717, 1.165) is 44.0 Å². The van der Waals surface area contributed by atoms with E-state index in [4.69, 9.17) is 4.98 Å². The Hall–Kier alpha value is -2.27.